The van der Waals surface area contributed by atoms with E-state index in [2.05, 4.69) is 45.5 Å². The number of anilines is 1. The van der Waals surface area contributed by atoms with Gasteiger partial charge in [-0.15, -0.1) is 0 Å². The summed E-state index contributed by atoms with van der Waals surface area (Å²) in [5.41, 5.74) is 7.53. The predicted molar refractivity (Wildman–Crippen MR) is 143 cm³/mol. The van der Waals surface area contributed by atoms with E-state index in [-0.39, 0.29) is 11.9 Å². The van der Waals surface area contributed by atoms with E-state index in [4.69, 9.17) is 9.47 Å². The van der Waals surface area contributed by atoms with Gasteiger partial charge in [0.1, 0.15) is 23.9 Å². The zero-order valence-electron chi connectivity index (χ0n) is 21.5. The van der Waals surface area contributed by atoms with Crippen LogP contribution in [0.5, 0.6) is 11.5 Å². The minimum atomic E-state index is -0.186. The molecule has 0 amide bonds. The zero-order chi connectivity index (χ0) is 25.4. The molecular weight excluding hydrogens is 467 g/mol. The van der Waals surface area contributed by atoms with Crippen LogP contribution in [0.15, 0.2) is 60.7 Å². The first kappa shape index (κ1) is 23.8. The maximum absolute atomic E-state index is 13.3. The third-order valence-corrected chi connectivity index (χ3v) is 8.02. The van der Waals surface area contributed by atoms with Gasteiger partial charge in [-0.3, -0.25) is 0 Å². The summed E-state index contributed by atoms with van der Waals surface area (Å²) < 4.78 is 24.6. The molecule has 2 aliphatic rings. The van der Waals surface area contributed by atoms with Gasteiger partial charge >= 0.3 is 0 Å². The molecule has 1 fully saturated rings. The van der Waals surface area contributed by atoms with Crippen LogP contribution >= 0.6 is 0 Å². The number of halogens is 1. The van der Waals surface area contributed by atoms with Crippen LogP contribution in [0.4, 0.5) is 10.1 Å². The SMILES string of the molecule is COc1ccc2[nH]c3c(c2c1)CC[NH2+][C@@H]3c1ccc(OC)c(C[NH+]2CCN(c3ccc(F)cc3)CC2)c1. The van der Waals surface area contributed by atoms with E-state index in [0.29, 0.717) is 0 Å². The Bertz CT molecular complexity index is 1390. The van der Waals surface area contributed by atoms with Crippen molar-refractivity contribution in [1.29, 1.82) is 0 Å². The van der Waals surface area contributed by atoms with Gasteiger partial charge in [0.05, 0.1) is 52.6 Å². The van der Waals surface area contributed by atoms with E-state index in [1.807, 2.05) is 18.2 Å². The highest BCUT2D eigenvalue weighted by Crippen LogP contribution is 2.34. The van der Waals surface area contributed by atoms with Crippen LogP contribution in [-0.2, 0) is 13.0 Å². The predicted octanol–water partition coefficient (Wildman–Crippen LogP) is 2.44. The smallest absolute Gasteiger partial charge is 0.153 e. The minimum Gasteiger partial charge on any atom is -0.497 e. The maximum Gasteiger partial charge on any atom is 0.153 e. The Morgan fingerprint density at radius 3 is 2.57 bits per heavy atom. The van der Waals surface area contributed by atoms with Gasteiger partial charge in [0.25, 0.3) is 0 Å². The average Bonchev–Trinajstić information content (AvgIpc) is 3.32. The number of rotatable bonds is 6. The van der Waals surface area contributed by atoms with Crippen LogP contribution in [0.25, 0.3) is 10.9 Å². The van der Waals surface area contributed by atoms with Gasteiger partial charge in [-0.2, -0.15) is 0 Å². The van der Waals surface area contributed by atoms with E-state index < -0.39 is 0 Å². The van der Waals surface area contributed by atoms with Gasteiger partial charge in [-0.25, -0.2) is 4.39 Å². The van der Waals surface area contributed by atoms with Gasteiger partial charge in [0.2, 0.25) is 0 Å². The van der Waals surface area contributed by atoms with Crippen LogP contribution < -0.4 is 24.6 Å². The number of quaternary nitrogens is 2. The molecule has 1 saturated heterocycles. The lowest BCUT2D eigenvalue weighted by Gasteiger charge is -2.34. The van der Waals surface area contributed by atoms with Crippen molar-refractivity contribution in [3.05, 3.63) is 88.9 Å². The second-order valence-corrected chi connectivity index (χ2v) is 10.1. The molecule has 0 saturated carbocycles. The molecule has 3 aromatic carbocycles. The molecule has 6 rings (SSSR count). The normalized spacial score (nSPS) is 18.1. The number of hydrogen-bond donors (Lipinski definition) is 3. The van der Waals surface area contributed by atoms with Crippen LogP contribution in [0, 0.1) is 5.82 Å². The number of aromatic nitrogens is 1. The highest BCUT2D eigenvalue weighted by atomic mass is 19.1. The largest absolute Gasteiger partial charge is 0.497 e. The molecule has 6 nitrogen and oxygen atoms in total. The molecular formula is C30H35FN4O2+2. The van der Waals surface area contributed by atoms with Crippen LogP contribution in [0.1, 0.15) is 28.4 Å². The molecule has 0 bridgehead atoms. The van der Waals surface area contributed by atoms with E-state index in [1.54, 1.807) is 31.3 Å². The number of benzene rings is 3. The molecule has 0 aliphatic carbocycles. The Morgan fingerprint density at radius 1 is 1.00 bits per heavy atom. The van der Waals surface area contributed by atoms with Crippen molar-refractivity contribution in [2.24, 2.45) is 0 Å². The Hall–Kier alpha value is -3.55. The average molecular weight is 503 g/mol. The molecule has 1 atom stereocenters. The summed E-state index contributed by atoms with van der Waals surface area (Å²) in [6.07, 6.45) is 1.05. The van der Waals surface area contributed by atoms with Gasteiger partial charge in [-0.1, -0.05) is 0 Å². The van der Waals surface area contributed by atoms with E-state index >= 15 is 0 Å². The van der Waals surface area contributed by atoms with Gasteiger partial charge in [-0.05, 0) is 66.2 Å². The summed E-state index contributed by atoms with van der Waals surface area (Å²) in [5.74, 6) is 1.67. The van der Waals surface area contributed by atoms with Crippen molar-refractivity contribution in [1.82, 2.24) is 4.98 Å². The summed E-state index contributed by atoms with van der Waals surface area (Å²) in [6.45, 7) is 5.97. The third-order valence-electron chi connectivity index (χ3n) is 8.02. The highest BCUT2D eigenvalue weighted by molar-refractivity contribution is 5.86. The highest BCUT2D eigenvalue weighted by Gasteiger charge is 2.30. The fraction of sp³-hybridized carbons (Fsp3) is 0.333. The second kappa shape index (κ2) is 10.1. The fourth-order valence-corrected chi connectivity index (χ4v) is 6.03. The molecule has 0 unspecified atom stereocenters. The zero-order valence-corrected chi connectivity index (χ0v) is 21.5. The number of piperazine rings is 1. The molecule has 1 aromatic heterocycles. The third kappa shape index (κ3) is 4.65. The van der Waals surface area contributed by atoms with Crippen LogP contribution in [0.3, 0.4) is 0 Å². The molecule has 2 aliphatic heterocycles. The van der Waals surface area contributed by atoms with Crippen molar-refractivity contribution in [3.8, 4) is 11.5 Å². The van der Waals surface area contributed by atoms with Crippen molar-refractivity contribution in [3.63, 3.8) is 0 Å². The number of nitrogens with two attached hydrogens (primary N) is 1. The summed E-state index contributed by atoms with van der Waals surface area (Å²) in [5, 5.41) is 3.71. The first-order valence-corrected chi connectivity index (χ1v) is 13.2. The molecule has 4 N–H and O–H groups in total. The summed E-state index contributed by atoms with van der Waals surface area (Å²) in [7, 11) is 3.48. The molecule has 0 radical (unpaired) electrons. The number of H-pyrrole nitrogens is 1. The van der Waals surface area contributed by atoms with E-state index in [0.717, 1.165) is 62.9 Å². The number of ether oxygens (including phenoxy) is 2. The quantitative estimate of drug-likeness (QED) is 0.380. The molecule has 3 heterocycles. The molecule has 37 heavy (non-hydrogen) atoms. The Kier molecular flexibility index (Phi) is 6.49. The molecule has 7 heteroatoms. The maximum atomic E-state index is 13.3. The molecule has 192 valence electrons. The van der Waals surface area contributed by atoms with Crippen molar-refractivity contribution >= 4 is 16.6 Å². The van der Waals surface area contributed by atoms with Crippen LogP contribution in [0.2, 0.25) is 0 Å². The minimum absolute atomic E-state index is 0.186. The number of aromatic amines is 1. The topological polar surface area (TPSA) is 58.5 Å². The summed E-state index contributed by atoms with van der Waals surface area (Å²) >= 11 is 0. The van der Waals surface area contributed by atoms with Crippen molar-refractivity contribution in [2.45, 2.75) is 19.0 Å². The second-order valence-electron chi connectivity index (χ2n) is 10.1. The van der Waals surface area contributed by atoms with Gasteiger partial charge in [0.15, 0.2) is 6.04 Å². The monoisotopic (exact) mass is 502 g/mol. The Balaban J connectivity index is 1.22. The summed E-state index contributed by atoms with van der Waals surface area (Å²) in [4.78, 5) is 7.61. The first-order chi connectivity index (χ1) is 18.1. The lowest BCUT2D eigenvalue weighted by atomic mass is 9.93. The van der Waals surface area contributed by atoms with Gasteiger partial charge in [0, 0.05) is 34.1 Å². The molecule has 4 aromatic rings. The Morgan fingerprint density at radius 2 is 1.81 bits per heavy atom. The number of hydrogen-bond acceptors (Lipinski definition) is 3. The van der Waals surface area contributed by atoms with Gasteiger partial charge < -0.3 is 29.6 Å². The molecule has 0 spiro atoms. The van der Waals surface area contributed by atoms with Crippen molar-refractivity contribution in [2.75, 3.05) is 51.8 Å². The van der Waals surface area contributed by atoms with E-state index in [9.17, 15) is 4.39 Å². The fourth-order valence-electron chi connectivity index (χ4n) is 6.03. The van der Waals surface area contributed by atoms with Crippen molar-refractivity contribution < 1.29 is 24.1 Å². The number of fused-ring (bicyclic) bond motifs is 3. The number of methoxy groups -OCH3 is 2. The first-order valence-electron chi connectivity index (χ1n) is 13.2. The lowest BCUT2D eigenvalue weighted by Crippen LogP contribution is -3.13. The standard InChI is InChI=1S/C30H33FN4O2/c1-36-24-8-9-27-26(18-24)25-11-12-32-29(30(25)33-27)20-3-10-28(37-2)21(17-20)19-34-13-15-35(16-14-34)23-6-4-22(31)5-7-23/h3-10,17-18,29,32-33H,11-16,19H2,1-2H3/p+2/t29-/m1/s1. The lowest BCUT2D eigenvalue weighted by molar-refractivity contribution is -0.914. The number of nitrogens with zero attached hydrogens (tertiary/aromatic N) is 1. The van der Waals surface area contributed by atoms with Crippen LogP contribution in [-0.4, -0.2) is 51.9 Å². The summed E-state index contributed by atoms with van der Waals surface area (Å²) in [6, 6.07) is 20.1. The van der Waals surface area contributed by atoms with E-state index in [1.165, 1.54) is 33.3 Å². The number of nitrogens with one attached hydrogen (secondary N) is 2. The Labute approximate surface area is 217 Å².